The van der Waals surface area contributed by atoms with Crippen LogP contribution in [0.25, 0.3) is 0 Å². The SMILES string of the molecule is CCCC(C)(C)NC(=O)Nc1ccc(C(=O)O)cc1C. The third-order valence-corrected chi connectivity index (χ3v) is 3.05. The molecule has 0 unspecified atom stereocenters. The Hall–Kier alpha value is -2.04. The van der Waals surface area contributed by atoms with Crippen LogP contribution in [0, 0.1) is 6.92 Å². The lowest BCUT2D eigenvalue weighted by Gasteiger charge is -2.26. The zero-order valence-electron chi connectivity index (χ0n) is 12.4. The molecule has 0 saturated carbocycles. The molecule has 0 aliphatic heterocycles. The van der Waals surface area contributed by atoms with Crippen molar-refractivity contribution < 1.29 is 14.7 Å². The van der Waals surface area contributed by atoms with Crippen molar-refractivity contribution in [2.24, 2.45) is 0 Å². The van der Waals surface area contributed by atoms with Crippen molar-refractivity contribution in [2.45, 2.75) is 46.1 Å². The maximum atomic E-state index is 11.9. The number of anilines is 1. The van der Waals surface area contributed by atoms with Crippen LogP contribution in [0.4, 0.5) is 10.5 Å². The number of nitrogens with one attached hydrogen (secondary N) is 2. The maximum absolute atomic E-state index is 11.9. The van der Waals surface area contributed by atoms with Gasteiger partial charge in [0.05, 0.1) is 5.56 Å². The average molecular weight is 278 g/mol. The maximum Gasteiger partial charge on any atom is 0.335 e. The minimum atomic E-state index is -0.979. The van der Waals surface area contributed by atoms with E-state index in [1.807, 2.05) is 13.8 Å². The van der Waals surface area contributed by atoms with Gasteiger partial charge in [0.2, 0.25) is 0 Å². The van der Waals surface area contributed by atoms with E-state index in [9.17, 15) is 9.59 Å². The molecule has 5 heteroatoms. The molecule has 2 amide bonds. The van der Waals surface area contributed by atoms with E-state index >= 15 is 0 Å². The molecule has 3 N–H and O–H groups in total. The highest BCUT2D eigenvalue weighted by atomic mass is 16.4. The summed E-state index contributed by atoms with van der Waals surface area (Å²) in [7, 11) is 0. The van der Waals surface area contributed by atoms with E-state index in [1.54, 1.807) is 13.0 Å². The van der Waals surface area contributed by atoms with Crippen molar-refractivity contribution in [1.82, 2.24) is 5.32 Å². The molecule has 0 spiro atoms. The normalized spacial score (nSPS) is 11.0. The molecule has 0 fully saturated rings. The zero-order valence-corrected chi connectivity index (χ0v) is 12.4. The second-order valence-electron chi connectivity index (χ2n) is 5.55. The fourth-order valence-electron chi connectivity index (χ4n) is 2.09. The molecule has 5 nitrogen and oxygen atoms in total. The number of amides is 2. The molecule has 1 rings (SSSR count). The predicted molar refractivity (Wildman–Crippen MR) is 79.3 cm³/mol. The number of benzene rings is 1. The van der Waals surface area contributed by atoms with Crippen molar-refractivity contribution in [2.75, 3.05) is 5.32 Å². The van der Waals surface area contributed by atoms with Gasteiger partial charge in [-0.05, 0) is 51.0 Å². The fraction of sp³-hybridized carbons (Fsp3) is 0.467. The number of carbonyl (C=O) groups is 2. The first-order valence-electron chi connectivity index (χ1n) is 6.68. The van der Waals surface area contributed by atoms with Crippen LogP contribution in [0.5, 0.6) is 0 Å². The fourth-order valence-corrected chi connectivity index (χ4v) is 2.09. The van der Waals surface area contributed by atoms with Gasteiger partial charge in [0, 0.05) is 11.2 Å². The number of carboxylic acid groups (broad SMARTS) is 1. The van der Waals surface area contributed by atoms with Crippen LogP contribution in [0.3, 0.4) is 0 Å². The molecular weight excluding hydrogens is 256 g/mol. The standard InChI is InChI=1S/C15H22N2O3/c1-5-8-15(3,4)17-14(20)16-12-7-6-11(13(18)19)9-10(12)2/h6-7,9H,5,8H2,1-4H3,(H,18,19)(H2,16,17,20). The number of hydrogen-bond donors (Lipinski definition) is 3. The molecule has 0 heterocycles. The summed E-state index contributed by atoms with van der Waals surface area (Å²) in [5.41, 5.74) is 1.27. The second-order valence-corrected chi connectivity index (χ2v) is 5.55. The quantitative estimate of drug-likeness (QED) is 0.772. The van der Waals surface area contributed by atoms with E-state index in [4.69, 9.17) is 5.11 Å². The van der Waals surface area contributed by atoms with Gasteiger partial charge < -0.3 is 15.7 Å². The van der Waals surface area contributed by atoms with Gasteiger partial charge in [-0.1, -0.05) is 13.3 Å². The molecule has 0 bridgehead atoms. The summed E-state index contributed by atoms with van der Waals surface area (Å²) in [4.78, 5) is 22.8. The third-order valence-electron chi connectivity index (χ3n) is 3.05. The van der Waals surface area contributed by atoms with Gasteiger partial charge in [0.1, 0.15) is 0 Å². The van der Waals surface area contributed by atoms with Gasteiger partial charge >= 0.3 is 12.0 Å². The largest absolute Gasteiger partial charge is 0.478 e. The van der Waals surface area contributed by atoms with Gasteiger partial charge in [-0.2, -0.15) is 0 Å². The van der Waals surface area contributed by atoms with Gasteiger partial charge in [0.25, 0.3) is 0 Å². The lowest BCUT2D eigenvalue weighted by Crippen LogP contribution is -2.45. The number of rotatable bonds is 5. The molecule has 0 aliphatic carbocycles. The zero-order chi connectivity index (χ0) is 15.3. The van der Waals surface area contributed by atoms with Crippen LogP contribution in [0.15, 0.2) is 18.2 Å². The Morgan fingerprint density at radius 2 is 1.95 bits per heavy atom. The molecule has 0 aromatic heterocycles. The Bertz CT molecular complexity index is 510. The topological polar surface area (TPSA) is 78.4 Å². The first-order valence-corrected chi connectivity index (χ1v) is 6.68. The summed E-state index contributed by atoms with van der Waals surface area (Å²) in [5.74, 6) is -0.979. The van der Waals surface area contributed by atoms with Crippen LogP contribution < -0.4 is 10.6 Å². The molecular formula is C15H22N2O3. The minimum Gasteiger partial charge on any atom is -0.478 e. The summed E-state index contributed by atoms with van der Waals surface area (Å²) in [5, 5.41) is 14.5. The van der Waals surface area contributed by atoms with Crippen molar-refractivity contribution in [3.8, 4) is 0 Å². The van der Waals surface area contributed by atoms with E-state index in [2.05, 4.69) is 17.6 Å². The van der Waals surface area contributed by atoms with Gasteiger partial charge in [-0.3, -0.25) is 0 Å². The first kappa shape index (κ1) is 16.0. The lowest BCUT2D eigenvalue weighted by atomic mass is 9.99. The molecule has 1 aromatic rings. The van der Waals surface area contributed by atoms with E-state index in [1.165, 1.54) is 12.1 Å². The Balaban J connectivity index is 2.74. The second kappa shape index (κ2) is 6.41. The summed E-state index contributed by atoms with van der Waals surface area (Å²) in [6, 6.07) is 4.33. The van der Waals surface area contributed by atoms with Crippen LogP contribution in [-0.4, -0.2) is 22.6 Å². The van der Waals surface area contributed by atoms with Crippen molar-refractivity contribution in [1.29, 1.82) is 0 Å². The van der Waals surface area contributed by atoms with Gasteiger partial charge in [0.15, 0.2) is 0 Å². The Kier molecular flexibility index (Phi) is 5.13. The number of carbonyl (C=O) groups excluding carboxylic acids is 1. The number of hydrogen-bond acceptors (Lipinski definition) is 2. The third kappa shape index (κ3) is 4.57. The van der Waals surface area contributed by atoms with Crippen LogP contribution in [0.1, 0.15) is 49.5 Å². The van der Waals surface area contributed by atoms with E-state index in [-0.39, 0.29) is 17.1 Å². The Morgan fingerprint density at radius 3 is 2.45 bits per heavy atom. The van der Waals surface area contributed by atoms with E-state index in [0.717, 1.165) is 12.8 Å². The highest BCUT2D eigenvalue weighted by molar-refractivity contribution is 5.92. The molecule has 0 atom stereocenters. The van der Waals surface area contributed by atoms with Gasteiger partial charge in [-0.25, -0.2) is 9.59 Å². The number of carboxylic acids is 1. The van der Waals surface area contributed by atoms with E-state index < -0.39 is 5.97 Å². The number of urea groups is 1. The number of aromatic carboxylic acids is 1. The molecule has 0 radical (unpaired) electrons. The smallest absolute Gasteiger partial charge is 0.335 e. The average Bonchev–Trinajstić information content (AvgIpc) is 2.30. The summed E-state index contributed by atoms with van der Waals surface area (Å²) >= 11 is 0. The molecule has 1 aromatic carbocycles. The Labute approximate surface area is 119 Å². The lowest BCUT2D eigenvalue weighted by molar-refractivity contribution is 0.0697. The Morgan fingerprint density at radius 1 is 1.30 bits per heavy atom. The molecule has 0 aliphatic rings. The molecule has 0 saturated heterocycles. The van der Waals surface area contributed by atoms with Crippen LogP contribution in [-0.2, 0) is 0 Å². The molecule has 20 heavy (non-hydrogen) atoms. The van der Waals surface area contributed by atoms with Crippen molar-refractivity contribution in [3.05, 3.63) is 29.3 Å². The summed E-state index contributed by atoms with van der Waals surface area (Å²) in [6.07, 6.45) is 1.87. The van der Waals surface area contributed by atoms with Crippen molar-refractivity contribution in [3.63, 3.8) is 0 Å². The van der Waals surface area contributed by atoms with E-state index in [0.29, 0.717) is 11.3 Å². The predicted octanol–water partition coefficient (Wildman–Crippen LogP) is 3.39. The monoisotopic (exact) mass is 278 g/mol. The molecule has 110 valence electrons. The summed E-state index contributed by atoms with van der Waals surface area (Å²) < 4.78 is 0. The highest BCUT2D eigenvalue weighted by Gasteiger charge is 2.19. The van der Waals surface area contributed by atoms with Crippen LogP contribution >= 0.6 is 0 Å². The van der Waals surface area contributed by atoms with Gasteiger partial charge in [-0.15, -0.1) is 0 Å². The first-order chi connectivity index (χ1) is 9.25. The highest BCUT2D eigenvalue weighted by Crippen LogP contribution is 2.17. The minimum absolute atomic E-state index is 0.208. The van der Waals surface area contributed by atoms with Crippen molar-refractivity contribution >= 4 is 17.7 Å². The summed E-state index contributed by atoms with van der Waals surface area (Å²) in [6.45, 7) is 7.77. The number of aryl methyl sites for hydroxylation is 1. The van der Waals surface area contributed by atoms with Crippen LogP contribution in [0.2, 0.25) is 0 Å².